The molecule has 0 aliphatic carbocycles. The van der Waals surface area contributed by atoms with E-state index in [2.05, 4.69) is 5.32 Å². The first kappa shape index (κ1) is 13.7. The van der Waals surface area contributed by atoms with Gasteiger partial charge in [0.05, 0.1) is 6.61 Å². The van der Waals surface area contributed by atoms with E-state index >= 15 is 0 Å². The van der Waals surface area contributed by atoms with E-state index in [0.717, 1.165) is 11.1 Å². The van der Waals surface area contributed by atoms with Crippen molar-refractivity contribution in [3.05, 3.63) is 34.9 Å². The number of carbonyl (C=O) groups excluding carboxylic acids is 1. The molecule has 17 heavy (non-hydrogen) atoms. The third kappa shape index (κ3) is 3.84. The fraction of sp³-hybridized carbons (Fsp3) is 0.462. The lowest BCUT2D eigenvalue weighted by atomic mass is 10.0. The normalized spacial score (nSPS) is 14.2. The predicted octanol–water partition coefficient (Wildman–Crippen LogP) is 0.777. The topological polar surface area (TPSA) is 69.6 Å². The minimum Gasteiger partial charge on any atom is -0.393 e. The van der Waals surface area contributed by atoms with Crippen molar-refractivity contribution >= 4 is 5.91 Å². The SMILES string of the molecule is Cc1ccc(C(=O)NCC(C)(O)CO)c(C)c1. The maximum Gasteiger partial charge on any atom is 0.251 e. The molecule has 0 radical (unpaired) electrons. The Morgan fingerprint density at radius 1 is 1.41 bits per heavy atom. The van der Waals surface area contributed by atoms with E-state index in [-0.39, 0.29) is 19.1 Å². The molecular weight excluding hydrogens is 218 g/mol. The van der Waals surface area contributed by atoms with E-state index in [1.54, 1.807) is 6.07 Å². The number of carbonyl (C=O) groups is 1. The van der Waals surface area contributed by atoms with Crippen LogP contribution >= 0.6 is 0 Å². The van der Waals surface area contributed by atoms with E-state index in [1.165, 1.54) is 6.92 Å². The maximum absolute atomic E-state index is 11.8. The number of hydrogen-bond donors (Lipinski definition) is 3. The van der Waals surface area contributed by atoms with Crippen LogP contribution in [-0.4, -0.2) is 34.9 Å². The zero-order valence-corrected chi connectivity index (χ0v) is 10.4. The Morgan fingerprint density at radius 2 is 2.06 bits per heavy atom. The molecular formula is C13H19NO3. The molecule has 0 saturated carbocycles. The lowest BCUT2D eigenvalue weighted by Crippen LogP contribution is -2.43. The van der Waals surface area contributed by atoms with Gasteiger partial charge in [-0.15, -0.1) is 0 Å². The van der Waals surface area contributed by atoms with E-state index in [0.29, 0.717) is 5.56 Å². The molecule has 1 aromatic rings. The van der Waals surface area contributed by atoms with Crippen molar-refractivity contribution in [2.75, 3.05) is 13.2 Å². The maximum atomic E-state index is 11.8. The van der Waals surface area contributed by atoms with E-state index < -0.39 is 5.60 Å². The lowest BCUT2D eigenvalue weighted by molar-refractivity contribution is 0.00319. The van der Waals surface area contributed by atoms with Crippen LogP contribution in [-0.2, 0) is 0 Å². The van der Waals surface area contributed by atoms with E-state index in [1.807, 2.05) is 26.0 Å². The molecule has 1 aromatic carbocycles. The van der Waals surface area contributed by atoms with Gasteiger partial charge in [0.2, 0.25) is 0 Å². The van der Waals surface area contributed by atoms with Crippen molar-refractivity contribution in [3.8, 4) is 0 Å². The standard InChI is InChI=1S/C13H19NO3/c1-9-4-5-11(10(2)6-9)12(16)14-7-13(3,17)8-15/h4-6,15,17H,7-8H2,1-3H3,(H,14,16). The Kier molecular flexibility index (Phi) is 4.26. The van der Waals surface area contributed by atoms with Gasteiger partial charge in [-0.25, -0.2) is 0 Å². The summed E-state index contributed by atoms with van der Waals surface area (Å²) in [5.41, 5.74) is 1.30. The molecule has 4 heteroatoms. The fourth-order valence-electron chi connectivity index (χ4n) is 1.49. The number of hydrogen-bond acceptors (Lipinski definition) is 3. The molecule has 0 spiro atoms. The monoisotopic (exact) mass is 237 g/mol. The number of aryl methyl sites for hydroxylation is 2. The van der Waals surface area contributed by atoms with Crippen LogP contribution < -0.4 is 5.32 Å². The minimum absolute atomic E-state index is 0.0235. The van der Waals surface area contributed by atoms with Gasteiger partial charge < -0.3 is 15.5 Å². The Bertz CT molecular complexity index is 413. The van der Waals surface area contributed by atoms with E-state index in [9.17, 15) is 9.90 Å². The minimum atomic E-state index is -1.28. The number of nitrogens with one attached hydrogen (secondary N) is 1. The van der Waals surface area contributed by atoms with Crippen LogP contribution in [0.1, 0.15) is 28.4 Å². The van der Waals surface area contributed by atoms with Crippen LogP contribution in [0.15, 0.2) is 18.2 Å². The van der Waals surface area contributed by atoms with Gasteiger partial charge in [0, 0.05) is 12.1 Å². The summed E-state index contributed by atoms with van der Waals surface area (Å²) in [6, 6.07) is 5.55. The molecule has 1 unspecified atom stereocenters. The highest BCUT2D eigenvalue weighted by atomic mass is 16.3. The van der Waals surface area contributed by atoms with Crippen molar-refractivity contribution < 1.29 is 15.0 Å². The molecule has 0 fully saturated rings. The van der Waals surface area contributed by atoms with Crippen LogP contribution in [0, 0.1) is 13.8 Å². The smallest absolute Gasteiger partial charge is 0.251 e. The number of rotatable bonds is 4. The van der Waals surface area contributed by atoms with Gasteiger partial charge in [-0.3, -0.25) is 4.79 Å². The van der Waals surface area contributed by atoms with Gasteiger partial charge in [0.1, 0.15) is 5.60 Å². The van der Waals surface area contributed by atoms with Gasteiger partial charge in [-0.1, -0.05) is 17.7 Å². The zero-order valence-electron chi connectivity index (χ0n) is 10.4. The second-order valence-electron chi connectivity index (χ2n) is 4.66. The molecule has 94 valence electrons. The van der Waals surface area contributed by atoms with Crippen molar-refractivity contribution in [1.29, 1.82) is 0 Å². The average molecular weight is 237 g/mol. The number of amides is 1. The number of aliphatic hydroxyl groups excluding tert-OH is 1. The summed E-state index contributed by atoms with van der Waals surface area (Å²) < 4.78 is 0. The van der Waals surface area contributed by atoms with Crippen molar-refractivity contribution in [2.45, 2.75) is 26.4 Å². The first-order chi connectivity index (χ1) is 7.85. The molecule has 0 bridgehead atoms. The highest BCUT2D eigenvalue weighted by molar-refractivity contribution is 5.95. The van der Waals surface area contributed by atoms with Crippen molar-refractivity contribution in [2.24, 2.45) is 0 Å². The predicted molar refractivity (Wildman–Crippen MR) is 66.0 cm³/mol. The Labute approximate surface area is 101 Å². The van der Waals surface area contributed by atoms with Crippen LogP contribution in [0.25, 0.3) is 0 Å². The third-order valence-corrected chi connectivity index (χ3v) is 2.60. The largest absolute Gasteiger partial charge is 0.393 e. The number of aliphatic hydroxyl groups is 2. The summed E-state index contributed by atoms with van der Waals surface area (Å²) in [7, 11) is 0. The van der Waals surface area contributed by atoms with Gasteiger partial charge in [0.25, 0.3) is 5.91 Å². The zero-order chi connectivity index (χ0) is 13.1. The van der Waals surface area contributed by atoms with Crippen LogP contribution in [0.5, 0.6) is 0 Å². The van der Waals surface area contributed by atoms with Crippen LogP contribution in [0.3, 0.4) is 0 Å². The molecule has 0 aromatic heterocycles. The first-order valence-electron chi connectivity index (χ1n) is 5.54. The first-order valence-corrected chi connectivity index (χ1v) is 5.54. The average Bonchev–Trinajstić information content (AvgIpc) is 2.26. The van der Waals surface area contributed by atoms with Gasteiger partial charge in [-0.2, -0.15) is 0 Å². The van der Waals surface area contributed by atoms with Crippen molar-refractivity contribution in [1.82, 2.24) is 5.32 Å². The Hall–Kier alpha value is -1.39. The molecule has 4 nitrogen and oxygen atoms in total. The fourth-order valence-corrected chi connectivity index (χ4v) is 1.49. The van der Waals surface area contributed by atoms with E-state index in [4.69, 9.17) is 5.11 Å². The van der Waals surface area contributed by atoms with Gasteiger partial charge in [-0.05, 0) is 32.4 Å². The lowest BCUT2D eigenvalue weighted by Gasteiger charge is -2.20. The molecule has 1 rings (SSSR count). The summed E-state index contributed by atoms with van der Waals surface area (Å²) >= 11 is 0. The molecule has 0 aliphatic heterocycles. The molecule has 3 N–H and O–H groups in total. The Balaban J connectivity index is 2.71. The molecule has 0 heterocycles. The molecule has 1 atom stereocenters. The highest BCUT2D eigenvalue weighted by Crippen LogP contribution is 2.10. The second-order valence-corrected chi connectivity index (χ2v) is 4.66. The second kappa shape index (κ2) is 5.29. The van der Waals surface area contributed by atoms with Gasteiger partial charge in [0.15, 0.2) is 0 Å². The third-order valence-electron chi connectivity index (χ3n) is 2.60. The molecule has 0 saturated heterocycles. The van der Waals surface area contributed by atoms with Gasteiger partial charge >= 0.3 is 0 Å². The van der Waals surface area contributed by atoms with Crippen LogP contribution in [0.2, 0.25) is 0 Å². The summed E-state index contributed by atoms with van der Waals surface area (Å²) in [5, 5.41) is 21.0. The van der Waals surface area contributed by atoms with Crippen LogP contribution in [0.4, 0.5) is 0 Å². The summed E-state index contributed by atoms with van der Waals surface area (Å²) in [6.45, 7) is 4.93. The summed E-state index contributed by atoms with van der Waals surface area (Å²) in [5.74, 6) is -0.240. The summed E-state index contributed by atoms with van der Waals surface area (Å²) in [4.78, 5) is 11.8. The molecule has 0 aliphatic rings. The van der Waals surface area contributed by atoms with Crippen molar-refractivity contribution in [3.63, 3.8) is 0 Å². The molecule has 1 amide bonds. The summed E-state index contributed by atoms with van der Waals surface area (Å²) in [6.07, 6.45) is 0. The highest BCUT2D eigenvalue weighted by Gasteiger charge is 2.20. The quantitative estimate of drug-likeness (QED) is 0.724. The number of benzene rings is 1. The Morgan fingerprint density at radius 3 is 2.59 bits per heavy atom.